The minimum Gasteiger partial charge on any atom is -0.444 e. The standard InChI is InChI=1S/C59H32N5OSi/c1-5-20-41-33(13-1)34-14-2-6-21-42(34)59(41)43-22-9-17-38-40-19-11-31-60-57(40)62(51(38)43)54-44(59)28-30-46-56(54)64(60)55-45(65-46)29-27-39-37-18-10-25-49-52(37)63(53(39)55)58-50(26-12-32-61(58)64)66(49)47-23-7-3-15-35(47)36-16-4-8-24-48(36)66/h1-32H/q+3. The fourth-order valence-electron chi connectivity index (χ4n) is 15.2. The fourth-order valence-corrected chi connectivity index (χ4v) is 20.7. The van der Waals surface area contributed by atoms with Crippen molar-refractivity contribution in [3.63, 3.8) is 0 Å². The molecule has 4 aromatic heterocycles. The van der Waals surface area contributed by atoms with Crippen LogP contribution in [0.4, 0.5) is 11.4 Å². The number of quaternary nitrogens is 1. The van der Waals surface area contributed by atoms with Crippen molar-refractivity contribution in [2.75, 3.05) is 0 Å². The van der Waals surface area contributed by atoms with E-state index in [0.29, 0.717) is 0 Å². The topological polar surface area (TPSA) is 26.8 Å². The first-order valence-electron chi connectivity index (χ1n) is 23.1. The van der Waals surface area contributed by atoms with E-state index in [1.807, 2.05) is 0 Å². The Morgan fingerprint density at radius 1 is 0.409 bits per heavy atom. The van der Waals surface area contributed by atoms with Crippen LogP contribution in [0.25, 0.3) is 77.5 Å². The summed E-state index contributed by atoms with van der Waals surface area (Å²) in [7, 11) is -2.93. The van der Waals surface area contributed by atoms with Crippen LogP contribution in [-0.4, -0.2) is 17.2 Å². The lowest BCUT2D eigenvalue weighted by Crippen LogP contribution is -2.89. The van der Waals surface area contributed by atoms with Gasteiger partial charge in [0.25, 0.3) is 0 Å². The largest absolute Gasteiger partial charge is 0.444 e. The van der Waals surface area contributed by atoms with Gasteiger partial charge in [0, 0.05) is 37.7 Å². The molecule has 1 unspecified atom stereocenters. The summed E-state index contributed by atoms with van der Waals surface area (Å²) >= 11 is 0. The van der Waals surface area contributed by atoms with E-state index in [0.717, 1.165) is 22.9 Å². The molecule has 10 heterocycles. The van der Waals surface area contributed by atoms with Crippen molar-refractivity contribution in [1.29, 1.82) is 0 Å². The highest BCUT2D eigenvalue weighted by atomic mass is 28.3. The Bertz CT molecular complexity index is 4390. The molecular weight excluding hydrogens is 823 g/mol. The number of rotatable bonds is 0. The summed E-state index contributed by atoms with van der Waals surface area (Å²) in [6, 6.07) is 69.9. The fraction of sp³-hybridized carbons (Fsp3) is 0.0169. The third-order valence-corrected chi connectivity index (χ3v) is 22.0. The molecule has 6 nitrogen and oxygen atoms in total. The van der Waals surface area contributed by atoms with Crippen molar-refractivity contribution in [2.24, 2.45) is 0 Å². The summed E-state index contributed by atoms with van der Waals surface area (Å²) in [6.07, 6.45) is 4.72. The summed E-state index contributed by atoms with van der Waals surface area (Å²) in [4.78, 5) is 0. The van der Waals surface area contributed by atoms with Crippen LogP contribution in [0.3, 0.4) is 0 Å². The first-order chi connectivity index (χ1) is 32.8. The highest BCUT2D eigenvalue weighted by molar-refractivity contribution is 7.23. The molecule has 300 valence electrons. The average molecular weight is 855 g/mol. The van der Waals surface area contributed by atoms with Crippen LogP contribution in [-0.2, 0) is 5.41 Å². The molecule has 0 fully saturated rings. The zero-order valence-electron chi connectivity index (χ0n) is 35.1. The summed E-state index contributed by atoms with van der Waals surface area (Å²) in [5.74, 6) is 2.99. The van der Waals surface area contributed by atoms with Gasteiger partial charge in [-0.15, -0.1) is 0 Å². The summed E-state index contributed by atoms with van der Waals surface area (Å²) in [5.41, 5.74) is 18.5. The number of ether oxygens (including phenoxy) is 1. The zero-order valence-corrected chi connectivity index (χ0v) is 36.1. The number of nitrogens with zero attached hydrogens (tertiary/aromatic N) is 5. The quantitative estimate of drug-likeness (QED) is 0.0851. The van der Waals surface area contributed by atoms with Crippen LogP contribution in [0.2, 0.25) is 0 Å². The molecule has 12 aromatic rings. The minimum atomic E-state index is -2.93. The highest BCUT2D eigenvalue weighted by Crippen LogP contribution is 2.66. The number of aromatic nitrogens is 4. The van der Waals surface area contributed by atoms with Gasteiger partial charge in [-0.1, -0.05) is 121 Å². The Labute approximate surface area is 377 Å². The SMILES string of the molecule is c1ccc2c(c1)-c1ccccc1C21c2ccc3c4c2-n2c5c1cccc5c1ccc[n+](c12)[N+]41c2c(ccc4c5cccc6c5n(c24)-c2c(ccc[n+]21)[Si]61c2ccccc2-c2ccccc21)O3. The van der Waals surface area contributed by atoms with Crippen LogP contribution >= 0.6 is 0 Å². The molecule has 0 bridgehead atoms. The first kappa shape index (κ1) is 32.3. The van der Waals surface area contributed by atoms with Gasteiger partial charge in [0.15, 0.2) is 20.5 Å². The summed E-state index contributed by atoms with van der Waals surface area (Å²) in [5, 5.41) is 10.9. The molecule has 1 atom stereocenters. The van der Waals surface area contributed by atoms with Crippen LogP contribution in [0, 0.1) is 0 Å². The predicted molar refractivity (Wildman–Crippen MR) is 261 cm³/mol. The van der Waals surface area contributed by atoms with Gasteiger partial charge in [0.2, 0.25) is 22.7 Å². The van der Waals surface area contributed by atoms with Gasteiger partial charge in [-0.25, -0.2) is 0 Å². The van der Waals surface area contributed by atoms with Crippen molar-refractivity contribution >= 4 is 83.9 Å². The molecule has 1 aliphatic carbocycles. The third kappa shape index (κ3) is 2.84. The van der Waals surface area contributed by atoms with Gasteiger partial charge in [-0.2, -0.15) is 9.13 Å². The van der Waals surface area contributed by atoms with E-state index in [4.69, 9.17) is 4.74 Å². The molecule has 0 saturated heterocycles. The van der Waals surface area contributed by atoms with Crippen molar-refractivity contribution in [1.82, 2.24) is 13.8 Å². The van der Waals surface area contributed by atoms with Crippen LogP contribution in [0.5, 0.6) is 11.5 Å². The van der Waals surface area contributed by atoms with Crippen molar-refractivity contribution in [2.45, 2.75) is 5.41 Å². The van der Waals surface area contributed by atoms with Crippen LogP contribution in [0.1, 0.15) is 22.3 Å². The van der Waals surface area contributed by atoms with E-state index >= 15 is 0 Å². The number of fused-ring (bicyclic) bond motifs is 16. The van der Waals surface area contributed by atoms with Gasteiger partial charge >= 0.3 is 22.8 Å². The molecule has 7 heteroatoms. The van der Waals surface area contributed by atoms with E-state index in [1.165, 1.54) is 121 Å². The first-order valence-corrected chi connectivity index (χ1v) is 25.1. The molecule has 0 radical (unpaired) electrons. The Morgan fingerprint density at radius 2 is 0.985 bits per heavy atom. The van der Waals surface area contributed by atoms with Gasteiger partial charge in [-0.05, 0) is 114 Å². The van der Waals surface area contributed by atoms with E-state index in [-0.39, 0.29) is 4.70 Å². The maximum Gasteiger partial charge on any atom is 0.350 e. The number of hydrogen-bond acceptors (Lipinski definition) is 1. The highest BCUT2D eigenvalue weighted by Gasteiger charge is 2.71. The molecular formula is C59H32N5OSi+3. The lowest BCUT2D eigenvalue weighted by Gasteiger charge is -2.43. The Kier molecular flexibility index (Phi) is 4.88. The maximum absolute atomic E-state index is 7.43. The van der Waals surface area contributed by atoms with Gasteiger partial charge in [0.1, 0.15) is 11.0 Å². The number of benzene rings is 8. The second-order valence-corrected chi connectivity index (χ2v) is 22.9. The summed E-state index contributed by atoms with van der Waals surface area (Å²) in [6.45, 7) is 0. The van der Waals surface area contributed by atoms with Crippen molar-refractivity contribution in [3.05, 3.63) is 217 Å². The average Bonchev–Trinajstić information content (AvgIpc) is 4.09. The molecule has 0 saturated carbocycles. The Hall–Kier alpha value is -8.36. The van der Waals surface area contributed by atoms with Crippen LogP contribution in [0.15, 0.2) is 194 Å². The molecule has 3 spiro atoms. The maximum atomic E-state index is 7.43. The second kappa shape index (κ2) is 9.97. The number of hydrogen-bond donors (Lipinski definition) is 0. The smallest absolute Gasteiger partial charge is 0.350 e. The minimum absolute atomic E-state index is 0.288. The normalized spacial score (nSPS) is 18.1. The van der Waals surface area contributed by atoms with Crippen LogP contribution < -0.4 is 39.5 Å². The van der Waals surface area contributed by atoms with Crippen molar-refractivity contribution in [3.8, 4) is 45.3 Å². The molecule has 6 aliphatic heterocycles. The van der Waals surface area contributed by atoms with Gasteiger partial charge < -0.3 is 4.74 Å². The Morgan fingerprint density at radius 3 is 1.77 bits per heavy atom. The molecule has 19 rings (SSSR count). The summed E-state index contributed by atoms with van der Waals surface area (Å²) < 4.78 is 18.2. The molecule has 0 N–H and O–H groups in total. The third-order valence-electron chi connectivity index (χ3n) is 17.1. The second-order valence-electron chi connectivity index (χ2n) is 19.3. The van der Waals surface area contributed by atoms with E-state index < -0.39 is 13.5 Å². The van der Waals surface area contributed by atoms with E-state index in [9.17, 15) is 0 Å². The molecule has 0 amide bonds. The molecule has 66 heavy (non-hydrogen) atoms. The molecule has 8 aromatic carbocycles. The van der Waals surface area contributed by atoms with Crippen molar-refractivity contribution < 1.29 is 14.1 Å². The Balaban J connectivity index is 1.09. The lowest BCUT2D eigenvalue weighted by molar-refractivity contribution is -1.03. The predicted octanol–water partition coefficient (Wildman–Crippen LogP) is 9.10. The number of pyridine rings is 2. The van der Waals surface area contributed by atoms with E-state index in [2.05, 4.69) is 213 Å². The molecule has 7 aliphatic rings. The monoisotopic (exact) mass is 854 g/mol. The number of para-hydroxylation sites is 2. The van der Waals surface area contributed by atoms with Gasteiger partial charge in [0.05, 0.1) is 15.5 Å². The zero-order chi connectivity index (χ0) is 42.2. The van der Waals surface area contributed by atoms with Gasteiger partial charge in [-0.3, -0.25) is 0 Å². The van der Waals surface area contributed by atoms with E-state index in [1.54, 1.807) is 0 Å². The lowest BCUT2D eigenvalue weighted by atomic mass is 9.65.